The van der Waals surface area contributed by atoms with Gasteiger partial charge < -0.3 is 4.74 Å². The molecule has 0 saturated carbocycles. The Kier molecular flexibility index (Phi) is 4.24. The molecular formula is C11H12O3S. The van der Waals surface area contributed by atoms with Crippen LogP contribution in [0, 0.1) is 0 Å². The summed E-state index contributed by atoms with van der Waals surface area (Å²) in [6.07, 6.45) is 2.93. The molecule has 0 bridgehead atoms. The lowest BCUT2D eigenvalue weighted by molar-refractivity contribution is -0.137. The van der Waals surface area contributed by atoms with Crippen molar-refractivity contribution in [1.82, 2.24) is 0 Å². The summed E-state index contributed by atoms with van der Waals surface area (Å²) in [5.41, 5.74) is 0.764. The average molecular weight is 224 g/mol. The molecule has 1 heterocycles. The topological polar surface area (TPSA) is 43.4 Å². The molecule has 0 aliphatic heterocycles. The summed E-state index contributed by atoms with van der Waals surface area (Å²) in [5, 5.41) is 1.82. The van der Waals surface area contributed by atoms with Gasteiger partial charge in [-0.15, -0.1) is 11.3 Å². The molecule has 0 saturated heterocycles. The summed E-state index contributed by atoms with van der Waals surface area (Å²) in [6, 6.07) is 1.80. The summed E-state index contributed by atoms with van der Waals surface area (Å²) in [6.45, 7) is 3.61. The van der Waals surface area contributed by atoms with Gasteiger partial charge in [0.25, 0.3) is 0 Å². The van der Waals surface area contributed by atoms with Crippen molar-refractivity contribution in [3.63, 3.8) is 0 Å². The molecule has 0 fully saturated rings. The van der Waals surface area contributed by atoms with Gasteiger partial charge in [-0.05, 0) is 36.9 Å². The zero-order chi connectivity index (χ0) is 11.3. The van der Waals surface area contributed by atoms with Crippen molar-refractivity contribution in [2.75, 3.05) is 6.61 Å². The van der Waals surface area contributed by atoms with Crippen LogP contribution in [0.5, 0.6) is 0 Å². The molecule has 4 heteroatoms. The molecule has 1 rings (SSSR count). The highest BCUT2D eigenvalue weighted by Crippen LogP contribution is 2.18. The van der Waals surface area contributed by atoms with Gasteiger partial charge in [-0.3, -0.25) is 4.79 Å². The maximum atomic E-state index is 11.2. The number of carbonyl (C=O) groups excluding carboxylic acids is 2. The lowest BCUT2D eigenvalue weighted by Gasteiger charge is -1.95. The van der Waals surface area contributed by atoms with Gasteiger partial charge >= 0.3 is 5.97 Å². The molecule has 0 spiro atoms. The van der Waals surface area contributed by atoms with Crippen LogP contribution >= 0.6 is 11.3 Å². The normalized spacial score (nSPS) is 10.5. The molecule has 0 atom stereocenters. The minimum atomic E-state index is -0.391. The minimum absolute atomic E-state index is 0.00788. The highest BCUT2D eigenvalue weighted by molar-refractivity contribution is 7.12. The molecule has 0 radical (unpaired) electrons. The van der Waals surface area contributed by atoms with E-state index in [1.807, 2.05) is 5.38 Å². The highest BCUT2D eigenvalue weighted by atomic mass is 32.1. The van der Waals surface area contributed by atoms with Crippen molar-refractivity contribution in [3.05, 3.63) is 28.0 Å². The second kappa shape index (κ2) is 5.46. The second-order valence-electron chi connectivity index (χ2n) is 2.85. The predicted molar refractivity (Wildman–Crippen MR) is 60.0 cm³/mol. The first-order valence-corrected chi connectivity index (χ1v) is 5.46. The van der Waals surface area contributed by atoms with Crippen molar-refractivity contribution in [2.24, 2.45) is 0 Å². The number of hydrogen-bond donors (Lipinski definition) is 0. The zero-order valence-electron chi connectivity index (χ0n) is 8.65. The fraction of sp³-hybridized carbons (Fsp3) is 0.273. The molecule has 80 valence electrons. The van der Waals surface area contributed by atoms with Crippen molar-refractivity contribution >= 4 is 29.2 Å². The van der Waals surface area contributed by atoms with Gasteiger partial charge in [-0.25, -0.2) is 4.79 Å². The number of ether oxygens (including phenoxy) is 1. The molecule has 15 heavy (non-hydrogen) atoms. The van der Waals surface area contributed by atoms with E-state index in [0.29, 0.717) is 11.5 Å². The van der Waals surface area contributed by atoms with E-state index in [1.165, 1.54) is 24.3 Å². The maximum Gasteiger partial charge on any atom is 0.330 e. The lowest BCUT2D eigenvalue weighted by Crippen LogP contribution is -1.99. The quantitative estimate of drug-likeness (QED) is 0.448. The number of rotatable bonds is 4. The molecular weight excluding hydrogens is 212 g/mol. The van der Waals surface area contributed by atoms with E-state index in [4.69, 9.17) is 4.74 Å². The largest absolute Gasteiger partial charge is 0.463 e. The van der Waals surface area contributed by atoms with Gasteiger partial charge in [0, 0.05) is 6.08 Å². The third kappa shape index (κ3) is 3.32. The molecule has 0 aromatic carbocycles. The molecule has 1 aromatic rings. The lowest BCUT2D eigenvalue weighted by atomic mass is 10.2. The Morgan fingerprint density at radius 1 is 1.53 bits per heavy atom. The molecule has 0 N–H and O–H groups in total. The van der Waals surface area contributed by atoms with Gasteiger partial charge in [-0.1, -0.05) is 0 Å². The molecule has 0 aliphatic carbocycles. The van der Waals surface area contributed by atoms with E-state index in [9.17, 15) is 9.59 Å². The van der Waals surface area contributed by atoms with Crippen LogP contribution < -0.4 is 0 Å². The molecule has 0 amide bonds. The van der Waals surface area contributed by atoms with Crippen LogP contribution in [0.3, 0.4) is 0 Å². The zero-order valence-corrected chi connectivity index (χ0v) is 9.47. The smallest absolute Gasteiger partial charge is 0.330 e. The monoisotopic (exact) mass is 224 g/mol. The van der Waals surface area contributed by atoms with Gasteiger partial charge in [0.2, 0.25) is 0 Å². The van der Waals surface area contributed by atoms with Gasteiger partial charge in [0.15, 0.2) is 5.78 Å². The van der Waals surface area contributed by atoms with E-state index in [-0.39, 0.29) is 5.78 Å². The predicted octanol–water partition coefficient (Wildman–Crippen LogP) is 2.53. The minimum Gasteiger partial charge on any atom is -0.463 e. The van der Waals surface area contributed by atoms with Crippen molar-refractivity contribution in [2.45, 2.75) is 13.8 Å². The molecule has 1 aromatic heterocycles. The van der Waals surface area contributed by atoms with Crippen molar-refractivity contribution in [1.29, 1.82) is 0 Å². The Morgan fingerprint density at radius 2 is 2.27 bits per heavy atom. The highest BCUT2D eigenvalue weighted by Gasteiger charge is 2.06. The third-order valence-electron chi connectivity index (χ3n) is 1.70. The second-order valence-corrected chi connectivity index (χ2v) is 3.76. The Labute approximate surface area is 92.4 Å². The standard InChI is InChI=1S/C11H12O3S/c1-3-14-10(13)5-4-9-6-7-15-11(9)8(2)12/h4-7H,3H2,1-2H3. The van der Waals surface area contributed by atoms with E-state index in [1.54, 1.807) is 19.1 Å². The summed E-state index contributed by atoms with van der Waals surface area (Å²) in [7, 11) is 0. The number of carbonyl (C=O) groups is 2. The fourth-order valence-corrected chi connectivity index (χ4v) is 1.87. The van der Waals surface area contributed by atoms with Gasteiger partial charge in [0.1, 0.15) is 0 Å². The van der Waals surface area contributed by atoms with Crippen LogP contribution in [-0.4, -0.2) is 18.4 Å². The molecule has 3 nitrogen and oxygen atoms in total. The Bertz CT molecular complexity index is 390. The van der Waals surface area contributed by atoms with Crippen LogP contribution in [0.25, 0.3) is 6.08 Å². The van der Waals surface area contributed by atoms with E-state index >= 15 is 0 Å². The first-order chi connectivity index (χ1) is 7.15. The van der Waals surface area contributed by atoms with Crippen LogP contribution in [0.4, 0.5) is 0 Å². The van der Waals surface area contributed by atoms with E-state index in [0.717, 1.165) is 5.56 Å². The van der Waals surface area contributed by atoms with Gasteiger partial charge in [-0.2, -0.15) is 0 Å². The number of hydrogen-bond acceptors (Lipinski definition) is 4. The average Bonchev–Trinajstić information content (AvgIpc) is 2.63. The summed E-state index contributed by atoms with van der Waals surface area (Å²) in [4.78, 5) is 22.8. The van der Waals surface area contributed by atoms with Crippen LogP contribution in [0.15, 0.2) is 17.5 Å². The van der Waals surface area contributed by atoms with Crippen molar-refractivity contribution in [3.8, 4) is 0 Å². The first kappa shape index (κ1) is 11.7. The van der Waals surface area contributed by atoms with Crippen LogP contribution in [-0.2, 0) is 9.53 Å². The SMILES string of the molecule is CCOC(=O)C=Cc1ccsc1C(C)=O. The first-order valence-electron chi connectivity index (χ1n) is 4.58. The van der Waals surface area contributed by atoms with Gasteiger partial charge in [0.05, 0.1) is 11.5 Å². The number of esters is 1. The third-order valence-corrected chi connectivity index (χ3v) is 2.73. The van der Waals surface area contributed by atoms with Crippen LogP contribution in [0.2, 0.25) is 0 Å². The maximum absolute atomic E-state index is 11.2. The Hall–Kier alpha value is -1.42. The summed E-state index contributed by atoms with van der Waals surface area (Å²) < 4.78 is 4.73. The van der Waals surface area contributed by atoms with E-state index in [2.05, 4.69) is 0 Å². The number of thiophene rings is 1. The summed E-state index contributed by atoms with van der Waals surface area (Å²) >= 11 is 1.37. The fourth-order valence-electron chi connectivity index (χ4n) is 1.08. The van der Waals surface area contributed by atoms with E-state index < -0.39 is 5.97 Å². The molecule has 0 unspecified atom stereocenters. The van der Waals surface area contributed by atoms with Crippen molar-refractivity contribution < 1.29 is 14.3 Å². The Balaban J connectivity index is 2.76. The molecule has 0 aliphatic rings. The Morgan fingerprint density at radius 3 is 2.87 bits per heavy atom. The number of Topliss-reactive ketones (excluding diaryl/α,β-unsaturated/α-hetero) is 1. The number of ketones is 1. The summed E-state index contributed by atoms with van der Waals surface area (Å²) in [5.74, 6) is -0.383. The van der Waals surface area contributed by atoms with Crippen LogP contribution in [0.1, 0.15) is 29.1 Å².